The third-order valence-electron chi connectivity index (χ3n) is 2.60. The molecule has 1 atom stereocenters. The number of nitrogens with zero attached hydrogens (tertiary/aromatic N) is 1. The number of hydrogen-bond donors (Lipinski definition) is 1. The second-order valence-electron chi connectivity index (χ2n) is 3.80. The average Bonchev–Trinajstić information content (AvgIpc) is 2.84. The zero-order chi connectivity index (χ0) is 9.26. The molecule has 0 radical (unpaired) electrons. The summed E-state index contributed by atoms with van der Waals surface area (Å²) in [6.45, 7) is 2.07. The van der Waals surface area contributed by atoms with Gasteiger partial charge >= 0.3 is 0 Å². The Hall–Kier alpha value is -0.410. The van der Waals surface area contributed by atoms with Crippen molar-refractivity contribution in [3.05, 3.63) is 16.1 Å². The number of rotatable bonds is 4. The largest absolute Gasteiger partial charge is 0.312 e. The van der Waals surface area contributed by atoms with E-state index in [0.29, 0.717) is 6.04 Å². The Bertz CT molecular complexity index is 278. The summed E-state index contributed by atoms with van der Waals surface area (Å²) in [7, 11) is 2.04. The maximum Gasteiger partial charge on any atom is 0.0897 e. The van der Waals surface area contributed by atoms with Crippen LogP contribution in [-0.4, -0.2) is 12.0 Å². The molecule has 1 aliphatic rings. The van der Waals surface area contributed by atoms with Gasteiger partial charge in [0.15, 0.2) is 0 Å². The fourth-order valence-electron chi connectivity index (χ4n) is 1.60. The van der Waals surface area contributed by atoms with Crippen molar-refractivity contribution >= 4 is 11.3 Å². The third-order valence-corrected chi connectivity index (χ3v) is 3.62. The van der Waals surface area contributed by atoms with Gasteiger partial charge in [-0.1, -0.05) is 12.8 Å². The van der Waals surface area contributed by atoms with Gasteiger partial charge in [-0.2, -0.15) is 0 Å². The fourth-order valence-corrected chi connectivity index (χ4v) is 2.51. The lowest BCUT2D eigenvalue weighted by Crippen LogP contribution is -2.15. The summed E-state index contributed by atoms with van der Waals surface area (Å²) in [4.78, 5) is 5.69. The van der Waals surface area contributed by atoms with Gasteiger partial charge in [-0.15, -0.1) is 11.3 Å². The molecular formula is C10H16N2S. The molecule has 2 nitrogen and oxygen atoms in total. The van der Waals surface area contributed by atoms with Crippen LogP contribution in [-0.2, 0) is 0 Å². The van der Waals surface area contributed by atoms with E-state index in [1.54, 1.807) is 0 Å². The topological polar surface area (TPSA) is 24.9 Å². The van der Waals surface area contributed by atoms with E-state index in [1.165, 1.54) is 29.1 Å². The molecule has 1 saturated carbocycles. The average molecular weight is 196 g/mol. The highest BCUT2D eigenvalue weighted by atomic mass is 32.1. The summed E-state index contributed by atoms with van der Waals surface area (Å²) in [5.74, 6) is 0.972. The molecule has 1 fully saturated rings. The molecule has 0 spiro atoms. The summed E-state index contributed by atoms with van der Waals surface area (Å²) >= 11 is 1.82. The Morgan fingerprint density at radius 3 is 2.92 bits per heavy atom. The minimum atomic E-state index is 0.540. The summed E-state index contributed by atoms with van der Waals surface area (Å²) in [5.41, 5.74) is 0. The van der Waals surface area contributed by atoms with Crippen molar-refractivity contribution in [3.8, 4) is 0 Å². The van der Waals surface area contributed by atoms with E-state index in [-0.39, 0.29) is 0 Å². The van der Waals surface area contributed by atoms with Gasteiger partial charge < -0.3 is 5.32 Å². The van der Waals surface area contributed by atoms with Crippen LogP contribution in [0.25, 0.3) is 0 Å². The van der Waals surface area contributed by atoms with Crippen molar-refractivity contribution in [1.82, 2.24) is 10.3 Å². The number of aryl methyl sites for hydroxylation is 1. The number of thiazole rings is 1. The van der Waals surface area contributed by atoms with E-state index in [1.807, 2.05) is 24.6 Å². The molecule has 2 rings (SSSR count). The molecule has 0 bridgehead atoms. The van der Waals surface area contributed by atoms with Crippen molar-refractivity contribution in [2.24, 2.45) is 5.92 Å². The lowest BCUT2D eigenvalue weighted by molar-refractivity contribution is 0.521. The van der Waals surface area contributed by atoms with Gasteiger partial charge in [0.2, 0.25) is 0 Å². The van der Waals surface area contributed by atoms with E-state index in [2.05, 4.69) is 17.2 Å². The molecule has 0 aromatic carbocycles. The summed E-state index contributed by atoms with van der Waals surface area (Å²) in [6, 6.07) is 0.540. The molecule has 1 unspecified atom stereocenters. The predicted octanol–water partition coefficient (Wildman–Crippen LogP) is 2.51. The first-order valence-electron chi connectivity index (χ1n) is 4.89. The second kappa shape index (κ2) is 3.76. The van der Waals surface area contributed by atoms with Crippen molar-refractivity contribution in [2.75, 3.05) is 7.05 Å². The molecule has 0 saturated heterocycles. The van der Waals surface area contributed by atoms with E-state index in [4.69, 9.17) is 0 Å². The van der Waals surface area contributed by atoms with Gasteiger partial charge in [0.25, 0.3) is 0 Å². The SMILES string of the molecule is CNC(CC1CC1)c1cnc(C)s1. The number of aromatic nitrogens is 1. The molecule has 0 aliphatic heterocycles. The molecule has 13 heavy (non-hydrogen) atoms. The van der Waals surface area contributed by atoms with E-state index in [0.717, 1.165) is 5.92 Å². The third kappa shape index (κ3) is 2.29. The van der Waals surface area contributed by atoms with Gasteiger partial charge in [-0.05, 0) is 26.3 Å². The van der Waals surface area contributed by atoms with Crippen molar-refractivity contribution in [2.45, 2.75) is 32.2 Å². The summed E-state index contributed by atoms with van der Waals surface area (Å²) in [5, 5.41) is 4.55. The first-order chi connectivity index (χ1) is 6.29. The molecule has 1 aliphatic carbocycles. The lowest BCUT2D eigenvalue weighted by atomic mass is 10.1. The zero-order valence-electron chi connectivity index (χ0n) is 8.21. The first kappa shape index (κ1) is 9.16. The lowest BCUT2D eigenvalue weighted by Gasteiger charge is -2.12. The molecule has 1 heterocycles. The van der Waals surface area contributed by atoms with Crippen LogP contribution in [0, 0.1) is 12.8 Å². The van der Waals surface area contributed by atoms with Crippen molar-refractivity contribution in [3.63, 3.8) is 0 Å². The Kier molecular flexibility index (Phi) is 2.65. The Balaban J connectivity index is 2.01. The van der Waals surface area contributed by atoms with Crippen LogP contribution in [0.2, 0.25) is 0 Å². The maximum absolute atomic E-state index is 4.29. The first-order valence-corrected chi connectivity index (χ1v) is 5.71. The minimum absolute atomic E-state index is 0.540. The van der Waals surface area contributed by atoms with Crippen LogP contribution >= 0.6 is 11.3 Å². The van der Waals surface area contributed by atoms with Gasteiger partial charge in [0, 0.05) is 17.1 Å². The van der Waals surface area contributed by atoms with Crippen molar-refractivity contribution < 1.29 is 0 Å². The van der Waals surface area contributed by atoms with Gasteiger partial charge in [-0.3, -0.25) is 0 Å². The fraction of sp³-hybridized carbons (Fsp3) is 0.700. The number of nitrogens with one attached hydrogen (secondary N) is 1. The van der Waals surface area contributed by atoms with Crippen LogP contribution < -0.4 is 5.32 Å². The zero-order valence-corrected chi connectivity index (χ0v) is 9.03. The molecule has 1 aromatic heterocycles. The highest BCUT2D eigenvalue weighted by Crippen LogP contribution is 2.38. The van der Waals surface area contributed by atoms with Crippen LogP contribution in [0.5, 0.6) is 0 Å². The monoisotopic (exact) mass is 196 g/mol. The van der Waals surface area contributed by atoms with E-state index >= 15 is 0 Å². The van der Waals surface area contributed by atoms with Gasteiger partial charge in [0.05, 0.1) is 5.01 Å². The van der Waals surface area contributed by atoms with Gasteiger partial charge in [0.1, 0.15) is 0 Å². The molecular weight excluding hydrogens is 180 g/mol. The normalized spacial score (nSPS) is 18.9. The van der Waals surface area contributed by atoms with Crippen LogP contribution in [0.4, 0.5) is 0 Å². The molecule has 1 aromatic rings. The Morgan fingerprint density at radius 1 is 1.69 bits per heavy atom. The second-order valence-corrected chi connectivity index (χ2v) is 5.07. The molecule has 1 N–H and O–H groups in total. The summed E-state index contributed by atoms with van der Waals surface area (Å²) < 4.78 is 0. The standard InChI is InChI=1S/C10H16N2S/c1-7-12-6-10(13-7)9(11-2)5-8-3-4-8/h6,8-9,11H,3-5H2,1-2H3. The van der Waals surface area contributed by atoms with Gasteiger partial charge in [-0.25, -0.2) is 4.98 Å². The smallest absolute Gasteiger partial charge is 0.0897 e. The molecule has 3 heteroatoms. The van der Waals surface area contributed by atoms with Crippen LogP contribution in [0.15, 0.2) is 6.20 Å². The van der Waals surface area contributed by atoms with E-state index in [9.17, 15) is 0 Å². The predicted molar refractivity (Wildman–Crippen MR) is 56.0 cm³/mol. The molecule has 0 amide bonds. The van der Waals surface area contributed by atoms with Crippen LogP contribution in [0.3, 0.4) is 0 Å². The van der Waals surface area contributed by atoms with Crippen molar-refractivity contribution in [1.29, 1.82) is 0 Å². The minimum Gasteiger partial charge on any atom is -0.312 e. The quantitative estimate of drug-likeness (QED) is 0.800. The summed E-state index contributed by atoms with van der Waals surface area (Å²) in [6.07, 6.45) is 6.16. The Morgan fingerprint density at radius 2 is 2.46 bits per heavy atom. The van der Waals surface area contributed by atoms with E-state index < -0.39 is 0 Å². The number of hydrogen-bond acceptors (Lipinski definition) is 3. The highest BCUT2D eigenvalue weighted by Gasteiger charge is 2.26. The van der Waals surface area contributed by atoms with Crippen LogP contribution in [0.1, 0.15) is 35.2 Å². The maximum atomic E-state index is 4.29. The highest BCUT2D eigenvalue weighted by molar-refractivity contribution is 7.11. The Labute approximate surface area is 83.4 Å². The molecule has 72 valence electrons.